The molecular formula is C32H25ClF3N7O2. The number of carbonyl (C=O) groups is 1. The van der Waals surface area contributed by atoms with Gasteiger partial charge in [-0.25, -0.2) is 22.8 Å². The molecule has 0 saturated carbocycles. The Morgan fingerprint density at radius 1 is 1.00 bits per heavy atom. The molecule has 2 aromatic carbocycles. The lowest BCUT2D eigenvalue weighted by Crippen LogP contribution is -2.20. The van der Waals surface area contributed by atoms with Crippen LogP contribution in [-0.2, 0) is 4.79 Å². The van der Waals surface area contributed by atoms with Gasteiger partial charge in [-0.3, -0.25) is 19.1 Å². The van der Waals surface area contributed by atoms with E-state index in [9.17, 15) is 22.8 Å². The van der Waals surface area contributed by atoms with Crippen molar-refractivity contribution in [1.82, 2.24) is 29.5 Å². The summed E-state index contributed by atoms with van der Waals surface area (Å²) in [5, 5.41) is 10.6. The predicted octanol–water partition coefficient (Wildman–Crippen LogP) is 6.93. The van der Waals surface area contributed by atoms with Gasteiger partial charge >= 0.3 is 0 Å². The first-order chi connectivity index (χ1) is 21.7. The monoisotopic (exact) mass is 631 g/mol. The topological polar surface area (TPSA) is 108 Å². The van der Waals surface area contributed by atoms with E-state index in [0.717, 1.165) is 6.20 Å². The number of fused-ring (bicyclic) bond motifs is 4. The van der Waals surface area contributed by atoms with Crippen molar-refractivity contribution in [2.75, 3.05) is 5.32 Å². The van der Waals surface area contributed by atoms with E-state index in [2.05, 4.69) is 25.6 Å². The number of anilines is 1. The molecule has 228 valence electrons. The average molecular weight is 632 g/mol. The minimum atomic E-state index is -2.81. The van der Waals surface area contributed by atoms with E-state index in [4.69, 9.17) is 11.6 Å². The Balaban J connectivity index is 1.45. The van der Waals surface area contributed by atoms with Gasteiger partial charge < -0.3 is 5.32 Å². The molecule has 1 unspecified atom stereocenters. The van der Waals surface area contributed by atoms with Crippen LogP contribution in [0.15, 0.2) is 84.2 Å². The van der Waals surface area contributed by atoms with Crippen molar-refractivity contribution in [2.45, 2.75) is 32.6 Å². The van der Waals surface area contributed by atoms with Crippen molar-refractivity contribution in [3.8, 4) is 28.1 Å². The van der Waals surface area contributed by atoms with Gasteiger partial charge in [0.2, 0.25) is 5.91 Å². The number of benzene rings is 2. The Kier molecular flexibility index (Phi) is 8.31. The molecule has 0 spiro atoms. The molecule has 13 heteroatoms. The lowest BCUT2D eigenvalue weighted by Gasteiger charge is -2.15. The number of hydrogen-bond donors (Lipinski definition) is 1. The van der Waals surface area contributed by atoms with Crippen LogP contribution in [0, 0.1) is 11.7 Å². The van der Waals surface area contributed by atoms with Crippen LogP contribution >= 0.6 is 11.6 Å². The fraction of sp³-hybridized carbons (Fsp3) is 0.188. The lowest BCUT2D eigenvalue weighted by molar-refractivity contribution is -0.117. The first-order valence-corrected chi connectivity index (χ1v) is 14.4. The summed E-state index contributed by atoms with van der Waals surface area (Å²) in [6.45, 7) is 1.96. The number of pyridine rings is 1. The van der Waals surface area contributed by atoms with Crippen LogP contribution in [-0.4, -0.2) is 35.4 Å². The molecule has 0 radical (unpaired) electrons. The highest BCUT2D eigenvalue weighted by atomic mass is 35.5. The summed E-state index contributed by atoms with van der Waals surface area (Å²) < 4.78 is 43.3. The number of aromatic nitrogens is 6. The molecule has 1 amide bonds. The molecule has 4 heterocycles. The first-order valence-electron chi connectivity index (χ1n) is 14.0. The zero-order valence-corrected chi connectivity index (χ0v) is 24.5. The van der Waals surface area contributed by atoms with E-state index >= 15 is 0 Å². The zero-order chi connectivity index (χ0) is 31.7. The van der Waals surface area contributed by atoms with Crippen molar-refractivity contribution in [1.29, 1.82) is 0 Å². The third kappa shape index (κ3) is 6.41. The summed E-state index contributed by atoms with van der Waals surface area (Å²) in [5.74, 6) is -0.632. The molecule has 0 aliphatic carbocycles. The number of hydrogen-bond acceptors (Lipinski definition) is 6. The van der Waals surface area contributed by atoms with Crippen molar-refractivity contribution < 1.29 is 18.0 Å². The van der Waals surface area contributed by atoms with Crippen LogP contribution in [0.1, 0.15) is 44.0 Å². The second-order valence-corrected chi connectivity index (χ2v) is 11.1. The van der Waals surface area contributed by atoms with E-state index in [1.54, 1.807) is 36.5 Å². The van der Waals surface area contributed by atoms with E-state index in [0.29, 0.717) is 57.3 Å². The fourth-order valence-electron chi connectivity index (χ4n) is 5.19. The Labute approximate surface area is 260 Å². The number of rotatable bonds is 4. The van der Waals surface area contributed by atoms with E-state index < -0.39 is 23.5 Å². The van der Waals surface area contributed by atoms with Crippen molar-refractivity contribution in [3.05, 3.63) is 112 Å². The summed E-state index contributed by atoms with van der Waals surface area (Å²) in [4.78, 5) is 35.5. The van der Waals surface area contributed by atoms with Gasteiger partial charge in [-0.05, 0) is 72.9 Å². The average Bonchev–Trinajstić information content (AvgIpc) is 3.51. The Morgan fingerprint density at radius 2 is 1.84 bits per heavy atom. The van der Waals surface area contributed by atoms with E-state index in [1.165, 1.54) is 39.8 Å². The summed E-state index contributed by atoms with van der Waals surface area (Å²) in [6.07, 6.45) is 4.50. The Morgan fingerprint density at radius 3 is 2.62 bits per heavy atom. The molecule has 1 aliphatic heterocycles. The maximum Gasteiger partial charge on any atom is 0.283 e. The third-order valence-corrected chi connectivity index (χ3v) is 7.64. The van der Waals surface area contributed by atoms with Crippen molar-refractivity contribution in [2.24, 2.45) is 5.92 Å². The van der Waals surface area contributed by atoms with Gasteiger partial charge in [-0.1, -0.05) is 29.8 Å². The van der Waals surface area contributed by atoms with Gasteiger partial charge in [0.05, 0.1) is 29.0 Å². The minimum Gasteiger partial charge on any atom is -0.326 e. The minimum absolute atomic E-state index is 0.0177. The number of amides is 1. The van der Waals surface area contributed by atoms with Crippen LogP contribution in [0.25, 0.3) is 33.8 Å². The molecule has 2 bridgehead atoms. The van der Waals surface area contributed by atoms with Crippen molar-refractivity contribution in [3.63, 3.8) is 0 Å². The fourth-order valence-corrected chi connectivity index (χ4v) is 5.36. The molecule has 0 saturated heterocycles. The molecule has 6 rings (SSSR count). The number of carbonyl (C=O) groups excluding carboxylic acids is 1. The number of nitrogens with one attached hydrogen (secondary N) is 1. The quantitative estimate of drug-likeness (QED) is 0.230. The molecular weight excluding hydrogens is 607 g/mol. The van der Waals surface area contributed by atoms with Crippen LogP contribution < -0.4 is 10.9 Å². The number of alkyl halides is 2. The van der Waals surface area contributed by atoms with Gasteiger partial charge in [0.15, 0.2) is 0 Å². The van der Waals surface area contributed by atoms with Crippen LogP contribution in [0.5, 0.6) is 0 Å². The van der Waals surface area contributed by atoms with Crippen LogP contribution in [0.4, 0.5) is 18.9 Å². The maximum absolute atomic E-state index is 14.4. The maximum atomic E-state index is 14.4. The molecule has 1 aliphatic rings. The predicted molar refractivity (Wildman–Crippen MR) is 163 cm³/mol. The second-order valence-electron chi connectivity index (χ2n) is 10.7. The summed E-state index contributed by atoms with van der Waals surface area (Å²) in [5.41, 5.74) is 2.42. The lowest BCUT2D eigenvalue weighted by atomic mass is 10.0. The smallest absolute Gasteiger partial charge is 0.283 e. The standard InChI is InChI=1S/C32H25ClF3N7O2/c1-18-3-2-4-29(26-12-19(9-10-37-26)22-14-21(34)6-7-24(22)39-30(44)11-18)42-17-38-25(15-31(42)45)23-13-20(33)5-8-28(23)43-16-27(32(35)36)40-41-43/h4-10,12-18,32H,2-3,11H2,1H3,(H,39,44)/b29-4+. The molecule has 45 heavy (non-hydrogen) atoms. The molecule has 9 nitrogen and oxygen atoms in total. The summed E-state index contributed by atoms with van der Waals surface area (Å²) in [6, 6.07) is 13.6. The highest BCUT2D eigenvalue weighted by molar-refractivity contribution is 6.31. The largest absolute Gasteiger partial charge is 0.326 e. The Bertz CT molecular complexity index is 2010. The van der Waals surface area contributed by atoms with E-state index in [-0.39, 0.29) is 23.9 Å². The highest BCUT2D eigenvalue weighted by Gasteiger charge is 2.19. The van der Waals surface area contributed by atoms with Gasteiger partial charge in [-0.15, -0.1) is 5.10 Å². The number of halogens is 4. The van der Waals surface area contributed by atoms with E-state index in [1.807, 2.05) is 13.0 Å². The van der Waals surface area contributed by atoms with Gasteiger partial charge in [0.1, 0.15) is 17.8 Å². The zero-order valence-electron chi connectivity index (χ0n) is 23.8. The second kappa shape index (κ2) is 12.5. The summed E-state index contributed by atoms with van der Waals surface area (Å²) in [7, 11) is 0. The molecule has 1 N–H and O–H groups in total. The van der Waals surface area contributed by atoms with Crippen LogP contribution in [0.3, 0.4) is 0 Å². The Hall–Kier alpha value is -5.10. The molecule has 3 aromatic heterocycles. The number of allylic oxidation sites excluding steroid dienone is 1. The first kappa shape index (κ1) is 29.9. The van der Waals surface area contributed by atoms with Gasteiger partial charge in [-0.2, -0.15) is 0 Å². The molecule has 0 fully saturated rings. The molecule has 5 aromatic rings. The van der Waals surface area contributed by atoms with Gasteiger partial charge in [0.25, 0.3) is 12.0 Å². The third-order valence-electron chi connectivity index (χ3n) is 7.41. The van der Waals surface area contributed by atoms with Crippen molar-refractivity contribution >= 4 is 28.9 Å². The number of nitrogens with zero attached hydrogens (tertiary/aromatic N) is 6. The summed E-state index contributed by atoms with van der Waals surface area (Å²) >= 11 is 6.26. The van der Waals surface area contributed by atoms with Crippen LogP contribution in [0.2, 0.25) is 5.02 Å². The highest BCUT2D eigenvalue weighted by Crippen LogP contribution is 2.32. The molecule has 1 atom stereocenters. The van der Waals surface area contributed by atoms with Gasteiger partial charge in [0, 0.05) is 40.5 Å². The normalized spacial score (nSPS) is 16.5. The SMILES string of the molecule is CC1CC/C=C(/n2cnc(-c3cc(Cl)ccc3-n3cc(C(F)F)nn3)cc2=O)c2cc(ccn2)-c2cc(F)ccc2NC(=O)C1.